The molecule has 0 aromatic heterocycles. The fourth-order valence-electron chi connectivity index (χ4n) is 19.0. The molecule has 502 valence electrons. The molecule has 11 N–H and O–H groups in total. The number of carbonyl (C=O) groups is 6. The maximum Gasteiger partial charge on any atom is 0.311 e. The molecule has 7 fully saturated rings. The number of ether oxygens (including phenoxy) is 5. The number of esters is 2. The number of amides is 1. The zero-order valence-electron chi connectivity index (χ0n) is 54.1. The monoisotopic (exact) mass is 1290 g/mol. The van der Waals surface area contributed by atoms with E-state index in [0.717, 1.165) is 25.7 Å². The van der Waals surface area contributed by atoms with Gasteiger partial charge in [-0.15, -0.1) is 6.58 Å². The van der Waals surface area contributed by atoms with Crippen LogP contribution in [0.2, 0.25) is 0 Å². The van der Waals surface area contributed by atoms with E-state index in [2.05, 4.69) is 73.9 Å². The van der Waals surface area contributed by atoms with E-state index in [9.17, 15) is 59.4 Å². The lowest BCUT2D eigenvalue weighted by atomic mass is 9.72. The molecule has 22 heteroatoms. The highest BCUT2D eigenvalue weighted by Crippen LogP contribution is 2.56. The Kier molecular flexibility index (Phi) is 18.7. The molecule has 93 heavy (non-hydrogen) atoms. The largest absolute Gasteiger partial charge is 0.507 e. The maximum absolute atomic E-state index is 14.3. The number of phenols is 2. The number of aliphatic hydroxyl groups is 3. The van der Waals surface area contributed by atoms with Gasteiger partial charge < -0.3 is 80.9 Å². The number of carboxylic acid groups (broad SMARTS) is 1. The fraction of sp³-hybridized carbons (Fsp3) is 0.606. The highest BCUT2D eigenvalue weighted by molar-refractivity contribution is 6.31. The Labute approximate surface area is 542 Å². The van der Waals surface area contributed by atoms with Crippen LogP contribution in [0.25, 0.3) is 6.08 Å². The van der Waals surface area contributed by atoms with Crippen LogP contribution in [0.3, 0.4) is 0 Å². The van der Waals surface area contributed by atoms with Crippen LogP contribution in [-0.4, -0.2) is 165 Å². The van der Waals surface area contributed by atoms with Gasteiger partial charge in [0.2, 0.25) is 11.7 Å². The Hall–Kier alpha value is -6.60. The molecule has 1 amide bonds. The zero-order valence-corrected chi connectivity index (χ0v) is 54.1. The van der Waals surface area contributed by atoms with Crippen molar-refractivity contribution in [2.24, 2.45) is 59.2 Å². The predicted octanol–water partition coefficient (Wildman–Crippen LogP) is 5.40. The van der Waals surface area contributed by atoms with E-state index in [-0.39, 0.29) is 124 Å². The first-order valence-electron chi connectivity index (χ1n) is 33.4. The SMILES string of the molecule is C=CC1C2CC3NC(CC4NC5C(C4C)C(O)C(C(=O)OC)C5C4NC(CC(N2)C1C)[C@@H](C)[C@@H]4CCC(=O)Oc1ccccc1C=CC(=O)N[C@@H]1C[C@@H](O[C@H]2C[C@](O)(CC(=O)O)Cc4c(O)c5c(c(O)c42)C(=O)c2cccc(OC)c2C5=O)O[C@H](C)[C@@H]1O)C(CC)C3C. The summed E-state index contributed by atoms with van der Waals surface area (Å²) in [5, 5.41) is 88.6. The molecular formula is C71H91N5O17. The van der Waals surface area contributed by atoms with Crippen molar-refractivity contribution in [1.82, 2.24) is 26.6 Å². The number of aliphatic carboxylic acids is 1. The highest BCUT2D eigenvalue weighted by Gasteiger charge is 2.64. The molecule has 6 saturated heterocycles. The summed E-state index contributed by atoms with van der Waals surface area (Å²) in [4.78, 5) is 82.6. The molecule has 22 nitrogen and oxygen atoms in total. The summed E-state index contributed by atoms with van der Waals surface area (Å²) >= 11 is 0. The van der Waals surface area contributed by atoms with E-state index in [0.29, 0.717) is 35.8 Å². The fourth-order valence-corrected chi connectivity index (χ4v) is 19.0. The number of aromatic hydroxyl groups is 2. The van der Waals surface area contributed by atoms with E-state index >= 15 is 0 Å². The maximum atomic E-state index is 14.3. The summed E-state index contributed by atoms with van der Waals surface area (Å²) in [5.74, 6) is -5.59. The van der Waals surface area contributed by atoms with E-state index in [1.165, 1.54) is 51.5 Å². The van der Waals surface area contributed by atoms with Gasteiger partial charge in [0.15, 0.2) is 12.1 Å². The molecule has 0 spiro atoms. The molecule has 6 heterocycles. The number of benzene rings is 3. The van der Waals surface area contributed by atoms with Crippen LogP contribution >= 0.6 is 0 Å². The number of phenolic OH excluding ortho intramolecular Hbond substituents is 2. The topological polar surface area (TPSA) is 330 Å². The van der Waals surface area contributed by atoms with Gasteiger partial charge in [-0.2, -0.15) is 0 Å². The number of aliphatic hydroxyl groups excluding tert-OH is 2. The zero-order chi connectivity index (χ0) is 66.4. The van der Waals surface area contributed by atoms with Crippen LogP contribution in [-0.2, 0) is 39.8 Å². The second-order valence-electron chi connectivity index (χ2n) is 28.4. The van der Waals surface area contributed by atoms with Gasteiger partial charge in [-0.25, -0.2) is 0 Å². The molecule has 25 atom stereocenters. The summed E-state index contributed by atoms with van der Waals surface area (Å²) in [7, 11) is 2.69. The summed E-state index contributed by atoms with van der Waals surface area (Å²) in [5.41, 5.74) is -3.38. The molecule has 3 aliphatic carbocycles. The van der Waals surface area contributed by atoms with Gasteiger partial charge in [0.1, 0.15) is 29.1 Å². The molecule has 12 rings (SSSR count). The van der Waals surface area contributed by atoms with E-state index in [4.69, 9.17) is 23.7 Å². The van der Waals surface area contributed by atoms with Crippen LogP contribution < -0.4 is 36.1 Å². The summed E-state index contributed by atoms with van der Waals surface area (Å²) in [6, 6.07) is 10.8. The van der Waals surface area contributed by atoms with Crippen LogP contribution in [0.1, 0.15) is 154 Å². The average Bonchev–Trinajstić information content (AvgIpc) is 1.45. The summed E-state index contributed by atoms with van der Waals surface area (Å²) < 4.78 is 29.5. The Morgan fingerprint density at radius 2 is 1.41 bits per heavy atom. The van der Waals surface area contributed by atoms with Crippen LogP contribution in [0.5, 0.6) is 23.0 Å². The summed E-state index contributed by atoms with van der Waals surface area (Å²) in [6.45, 7) is 17.3. The van der Waals surface area contributed by atoms with Gasteiger partial charge >= 0.3 is 17.9 Å². The van der Waals surface area contributed by atoms with Crippen molar-refractivity contribution < 1.29 is 83.1 Å². The number of ketones is 2. The van der Waals surface area contributed by atoms with Gasteiger partial charge in [-0.05, 0) is 92.2 Å². The number of para-hydroxylation sites is 1. The minimum atomic E-state index is -2.11. The Balaban J connectivity index is 0.747. The van der Waals surface area contributed by atoms with Gasteiger partial charge in [0.25, 0.3) is 0 Å². The van der Waals surface area contributed by atoms with Crippen molar-refractivity contribution in [2.45, 2.75) is 196 Å². The van der Waals surface area contributed by atoms with Gasteiger partial charge in [0.05, 0.1) is 73.2 Å². The highest BCUT2D eigenvalue weighted by atomic mass is 16.7. The van der Waals surface area contributed by atoms with Crippen molar-refractivity contribution in [3.05, 3.63) is 100 Å². The number of rotatable bonds is 15. The van der Waals surface area contributed by atoms with Gasteiger partial charge in [-0.3, -0.25) is 28.8 Å². The van der Waals surface area contributed by atoms with Crippen LogP contribution in [0.4, 0.5) is 0 Å². The average molecular weight is 1290 g/mol. The third-order valence-corrected chi connectivity index (χ3v) is 23.6. The van der Waals surface area contributed by atoms with Crippen molar-refractivity contribution in [2.75, 3.05) is 14.2 Å². The lowest BCUT2D eigenvalue weighted by Crippen LogP contribution is -2.55. The predicted molar refractivity (Wildman–Crippen MR) is 339 cm³/mol. The molecule has 3 aromatic carbocycles. The second-order valence-corrected chi connectivity index (χ2v) is 28.4. The lowest BCUT2D eigenvalue weighted by molar-refractivity contribution is -0.250. The molecule has 3 aromatic rings. The number of carbonyl (C=O) groups excluding carboxylic acids is 5. The number of carboxylic acids is 1. The molecule has 1 saturated carbocycles. The first-order valence-corrected chi connectivity index (χ1v) is 33.4. The quantitative estimate of drug-likeness (QED) is 0.0233. The van der Waals surface area contributed by atoms with Gasteiger partial charge in [0, 0.05) is 114 Å². The van der Waals surface area contributed by atoms with Crippen molar-refractivity contribution in [3.8, 4) is 23.0 Å². The van der Waals surface area contributed by atoms with Crippen molar-refractivity contribution in [3.63, 3.8) is 0 Å². The first-order chi connectivity index (χ1) is 44.4. The third-order valence-electron chi connectivity index (χ3n) is 23.6. The molecular weight excluding hydrogens is 1190 g/mol. The number of hydrogen-bond donors (Lipinski definition) is 11. The number of methoxy groups -OCH3 is 2. The van der Waals surface area contributed by atoms with E-state index in [1.807, 2.05) is 0 Å². The second kappa shape index (κ2) is 26.2. The molecule has 17 unspecified atom stereocenters. The molecule has 8 bridgehead atoms. The smallest absolute Gasteiger partial charge is 0.311 e. The minimum Gasteiger partial charge on any atom is -0.507 e. The number of hydrogen-bond acceptors (Lipinski definition) is 20. The third kappa shape index (κ3) is 11.9. The van der Waals surface area contributed by atoms with E-state index < -0.39 is 126 Å². The first kappa shape index (κ1) is 66.4. The lowest BCUT2D eigenvalue weighted by Gasteiger charge is -2.43. The van der Waals surface area contributed by atoms with Crippen LogP contribution in [0, 0.1) is 59.2 Å². The van der Waals surface area contributed by atoms with Crippen molar-refractivity contribution in [1.29, 1.82) is 0 Å². The number of nitrogens with one attached hydrogen (secondary N) is 5. The standard InChI is InChI=1S/C71H91N5O17/c1-10-36-30(3)41-23-43-32(5)38(62(75-43)58-61(70(87)90-9)67(84)55-33(6)44(76-63(55)58)25-46-37(11-2)31(4)42(73-46)24-45(36)72-41)20-22-53(80)92-48-17-13-12-15-35(48)19-21-51(77)74-47-26-54(91-34(7)64(47)81)93-50-28-71(88,29-52(78)79)27-40-57(50)69(86)59-60(66(40)83)68(85)56-39(65(59)82)16-14-18-49(56)89-8/h10,12-19,21,30-34,36-38,41-47,50,54-55,58,61-64,67,72-73,75-76,81,83-84,86,88H,1,11,20,22-29H2,2-9H3,(H,74,77)(H,78,79)/t30?,31?,32-,33?,34+,36?,37?,38-,41?,42?,43?,44?,45?,46?,47+,50-,54+,55?,58?,61?,62?,63?,64-,67?,71-/m0/s1. The van der Waals surface area contributed by atoms with Gasteiger partial charge in [-0.1, -0.05) is 77.4 Å². The molecule has 0 radical (unpaired) electrons. The summed E-state index contributed by atoms with van der Waals surface area (Å²) in [6.07, 6.45) is 1.02. The van der Waals surface area contributed by atoms with Crippen LogP contribution in [0.15, 0.2) is 61.2 Å². The minimum absolute atomic E-state index is 0.0138. The normalized spacial score (nSPS) is 39.0. The molecule has 6 aliphatic heterocycles. The van der Waals surface area contributed by atoms with Crippen molar-refractivity contribution >= 4 is 41.5 Å². The molecule has 9 aliphatic rings. The Bertz CT molecular complexity index is 3470. The Morgan fingerprint density at radius 1 is 0.753 bits per heavy atom. The number of fused-ring (bicyclic) bond motifs is 11. The van der Waals surface area contributed by atoms with E-state index in [1.54, 1.807) is 24.3 Å². The Morgan fingerprint density at radius 3 is 2.13 bits per heavy atom.